The molecule has 41 heavy (non-hydrogen) atoms. The molecule has 1 unspecified atom stereocenters. The molecule has 1 atom stereocenters. The van der Waals surface area contributed by atoms with Gasteiger partial charge in [0.1, 0.15) is 11.5 Å². The molecule has 2 aliphatic heterocycles. The van der Waals surface area contributed by atoms with E-state index in [1.807, 2.05) is 18.2 Å². The standard InChI is InChI=1S/C29H45N7O4S/c1-30-23-17-25(31-2)29(26(18-23)32-3)41(38,39)36-12-8-7-10-24(36)20-40-21-28(37)33-19-22-9-5-6-11-27(22)35-15-13-34(4)14-16-35/h5-6,9,11,17-18,24,30-32H,7-8,10,12-16,19-21H2,1-4H3,(H,33,37). The fourth-order valence-electron chi connectivity index (χ4n) is 5.55. The minimum absolute atomic E-state index is 0.124. The minimum Gasteiger partial charge on any atom is -0.388 e. The van der Waals surface area contributed by atoms with Gasteiger partial charge < -0.3 is 35.8 Å². The Kier molecular flexibility index (Phi) is 10.7. The third kappa shape index (κ3) is 7.42. The Morgan fingerprint density at radius 1 is 0.951 bits per heavy atom. The highest BCUT2D eigenvalue weighted by atomic mass is 32.2. The molecule has 11 nitrogen and oxygen atoms in total. The number of hydrogen-bond acceptors (Lipinski definition) is 9. The van der Waals surface area contributed by atoms with Crippen molar-refractivity contribution < 1.29 is 17.9 Å². The lowest BCUT2D eigenvalue weighted by atomic mass is 10.1. The number of sulfonamides is 1. The summed E-state index contributed by atoms with van der Waals surface area (Å²) in [6.45, 7) is 4.78. The molecule has 2 aromatic rings. The van der Waals surface area contributed by atoms with Gasteiger partial charge in [-0.3, -0.25) is 4.79 Å². The van der Waals surface area contributed by atoms with Crippen LogP contribution in [0.2, 0.25) is 0 Å². The van der Waals surface area contributed by atoms with Gasteiger partial charge in [0.2, 0.25) is 15.9 Å². The van der Waals surface area contributed by atoms with Crippen molar-refractivity contribution in [2.75, 3.05) is 95.0 Å². The highest BCUT2D eigenvalue weighted by Crippen LogP contribution is 2.37. The Hall–Kier alpha value is -3.06. The molecule has 2 heterocycles. The molecule has 2 saturated heterocycles. The summed E-state index contributed by atoms with van der Waals surface area (Å²) in [6, 6.07) is 11.4. The van der Waals surface area contributed by atoms with E-state index in [0.717, 1.165) is 56.0 Å². The Balaban J connectivity index is 1.37. The van der Waals surface area contributed by atoms with Crippen LogP contribution in [0.5, 0.6) is 0 Å². The number of piperazine rings is 1. The zero-order valence-electron chi connectivity index (χ0n) is 24.7. The van der Waals surface area contributed by atoms with Crippen LogP contribution < -0.4 is 26.2 Å². The zero-order chi connectivity index (χ0) is 29.4. The van der Waals surface area contributed by atoms with Crippen molar-refractivity contribution >= 4 is 38.7 Å². The number of hydrogen-bond donors (Lipinski definition) is 4. The van der Waals surface area contributed by atoms with Crippen LogP contribution in [-0.4, -0.2) is 104 Å². The molecular formula is C29H45N7O4S. The SMILES string of the molecule is CNc1cc(NC)c(S(=O)(=O)N2CCCCC2COCC(=O)NCc2ccccc2N2CCN(C)CC2)c(NC)c1. The van der Waals surface area contributed by atoms with E-state index < -0.39 is 10.0 Å². The van der Waals surface area contributed by atoms with Gasteiger partial charge in [0.25, 0.3) is 0 Å². The first kappa shape index (κ1) is 30.9. The molecule has 2 aliphatic rings. The fourth-order valence-corrected chi connectivity index (χ4v) is 7.59. The number of anilines is 4. The van der Waals surface area contributed by atoms with Crippen LogP contribution in [0.25, 0.3) is 0 Å². The molecule has 226 valence electrons. The van der Waals surface area contributed by atoms with Gasteiger partial charge in [-0.2, -0.15) is 4.31 Å². The summed E-state index contributed by atoms with van der Waals surface area (Å²) >= 11 is 0. The van der Waals surface area contributed by atoms with Crippen LogP contribution in [0.1, 0.15) is 24.8 Å². The number of nitrogens with zero attached hydrogens (tertiary/aromatic N) is 3. The Morgan fingerprint density at radius 2 is 1.63 bits per heavy atom. The second-order valence-electron chi connectivity index (χ2n) is 10.6. The lowest BCUT2D eigenvalue weighted by Crippen LogP contribution is -2.46. The number of carbonyl (C=O) groups is 1. The van der Waals surface area contributed by atoms with Gasteiger partial charge in [0.05, 0.1) is 18.0 Å². The summed E-state index contributed by atoms with van der Waals surface area (Å²) < 4.78 is 35.3. The molecule has 0 spiro atoms. The van der Waals surface area contributed by atoms with Crippen LogP contribution in [0.4, 0.5) is 22.7 Å². The summed E-state index contributed by atoms with van der Waals surface area (Å²) in [4.78, 5) is 17.6. The van der Waals surface area contributed by atoms with Gasteiger partial charge in [-0.1, -0.05) is 24.6 Å². The lowest BCUT2D eigenvalue weighted by Gasteiger charge is -2.35. The molecule has 0 radical (unpaired) electrons. The molecule has 0 aromatic heterocycles. The quantitative estimate of drug-likeness (QED) is 0.297. The molecule has 0 bridgehead atoms. The number of ether oxygens (including phenoxy) is 1. The zero-order valence-corrected chi connectivity index (χ0v) is 25.5. The van der Waals surface area contributed by atoms with Gasteiger partial charge in [0.15, 0.2) is 0 Å². The molecule has 2 aromatic carbocycles. The summed E-state index contributed by atoms with van der Waals surface area (Å²) in [5.41, 5.74) is 4.05. The summed E-state index contributed by atoms with van der Waals surface area (Å²) in [5, 5.41) is 12.1. The average molecular weight is 588 g/mol. The second-order valence-corrected chi connectivity index (χ2v) is 12.5. The Labute approximate surface area is 244 Å². The number of rotatable bonds is 12. The predicted octanol–water partition coefficient (Wildman–Crippen LogP) is 2.44. The first-order chi connectivity index (χ1) is 19.8. The van der Waals surface area contributed by atoms with E-state index in [-0.39, 0.29) is 30.1 Å². The number of amides is 1. The van der Waals surface area contributed by atoms with Crippen molar-refractivity contribution in [1.29, 1.82) is 0 Å². The molecule has 0 aliphatic carbocycles. The smallest absolute Gasteiger partial charge is 0.247 e. The molecule has 0 saturated carbocycles. The first-order valence-corrected chi connectivity index (χ1v) is 15.8. The van der Waals surface area contributed by atoms with Crippen molar-refractivity contribution in [1.82, 2.24) is 14.5 Å². The summed E-state index contributed by atoms with van der Waals surface area (Å²) in [5.74, 6) is -0.221. The van der Waals surface area contributed by atoms with E-state index in [1.165, 1.54) is 4.31 Å². The van der Waals surface area contributed by atoms with Crippen molar-refractivity contribution in [2.45, 2.75) is 36.7 Å². The third-order valence-corrected chi connectivity index (χ3v) is 9.96. The molecule has 4 rings (SSSR count). The molecule has 12 heteroatoms. The monoisotopic (exact) mass is 587 g/mol. The molecular weight excluding hydrogens is 542 g/mol. The first-order valence-electron chi connectivity index (χ1n) is 14.4. The van der Waals surface area contributed by atoms with Gasteiger partial charge in [0, 0.05) is 77.8 Å². The van der Waals surface area contributed by atoms with E-state index in [2.05, 4.69) is 44.2 Å². The summed E-state index contributed by atoms with van der Waals surface area (Å²) in [7, 11) is 3.51. The van der Waals surface area contributed by atoms with Crippen molar-refractivity contribution in [3.05, 3.63) is 42.0 Å². The van der Waals surface area contributed by atoms with Crippen LogP contribution in [-0.2, 0) is 26.1 Å². The maximum absolute atomic E-state index is 14.0. The fraction of sp³-hybridized carbons (Fsp3) is 0.552. The van der Waals surface area contributed by atoms with Gasteiger partial charge >= 0.3 is 0 Å². The number of carbonyl (C=O) groups excluding carboxylic acids is 1. The number of nitrogens with one attached hydrogen (secondary N) is 4. The van der Waals surface area contributed by atoms with Crippen LogP contribution in [0, 0.1) is 0 Å². The second kappa shape index (κ2) is 14.2. The lowest BCUT2D eigenvalue weighted by molar-refractivity contribution is -0.126. The maximum Gasteiger partial charge on any atom is 0.247 e. The Morgan fingerprint density at radius 3 is 2.29 bits per heavy atom. The highest BCUT2D eigenvalue weighted by molar-refractivity contribution is 7.89. The average Bonchev–Trinajstić information content (AvgIpc) is 3.00. The minimum atomic E-state index is -3.85. The number of para-hydroxylation sites is 1. The van der Waals surface area contributed by atoms with Crippen LogP contribution in [0.3, 0.4) is 0 Å². The van der Waals surface area contributed by atoms with Crippen molar-refractivity contribution in [3.63, 3.8) is 0 Å². The van der Waals surface area contributed by atoms with Crippen molar-refractivity contribution in [3.8, 4) is 0 Å². The number of benzene rings is 2. The van der Waals surface area contributed by atoms with Gasteiger partial charge in [-0.15, -0.1) is 0 Å². The molecule has 4 N–H and O–H groups in total. The maximum atomic E-state index is 14.0. The van der Waals surface area contributed by atoms with E-state index in [9.17, 15) is 13.2 Å². The van der Waals surface area contributed by atoms with Crippen LogP contribution >= 0.6 is 0 Å². The number of piperidine rings is 1. The van der Waals surface area contributed by atoms with Crippen molar-refractivity contribution in [2.24, 2.45) is 0 Å². The predicted molar refractivity (Wildman–Crippen MR) is 165 cm³/mol. The van der Waals surface area contributed by atoms with Crippen LogP contribution in [0.15, 0.2) is 41.3 Å². The summed E-state index contributed by atoms with van der Waals surface area (Å²) in [6.07, 6.45) is 2.37. The Bertz CT molecular complexity index is 1260. The van der Waals surface area contributed by atoms with Gasteiger partial charge in [-0.05, 0) is 43.7 Å². The third-order valence-electron chi connectivity index (χ3n) is 7.91. The largest absolute Gasteiger partial charge is 0.388 e. The highest BCUT2D eigenvalue weighted by Gasteiger charge is 2.36. The topological polar surface area (TPSA) is 118 Å². The van der Waals surface area contributed by atoms with Gasteiger partial charge in [-0.25, -0.2) is 8.42 Å². The molecule has 1 amide bonds. The van der Waals surface area contributed by atoms with E-state index in [4.69, 9.17) is 4.74 Å². The van der Waals surface area contributed by atoms with E-state index >= 15 is 0 Å². The molecule has 2 fully saturated rings. The van der Waals surface area contributed by atoms with E-state index in [0.29, 0.717) is 30.9 Å². The normalized spacial score (nSPS) is 18.6. The number of likely N-dealkylation sites (N-methyl/N-ethyl adjacent to an activating group) is 1. The van der Waals surface area contributed by atoms with E-state index in [1.54, 1.807) is 33.3 Å².